The van der Waals surface area contributed by atoms with Crippen LogP contribution in [0.1, 0.15) is 42.0 Å². The van der Waals surface area contributed by atoms with E-state index in [2.05, 4.69) is 43.4 Å². The molecule has 0 bridgehead atoms. The lowest BCUT2D eigenvalue weighted by Gasteiger charge is -2.20. The zero-order valence-corrected chi connectivity index (χ0v) is 17.4. The maximum atomic E-state index is 13.2. The fraction of sp³-hybridized carbons (Fsp3) is 0.269. The zero-order valence-electron chi connectivity index (χ0n) is 17.4. The Morgan fingerprint density at radius 3 is 1.76 bits per heavy atom. The molecule has 3 nitrogen and oxygen atoms in total. The molecule has 0 heterocycles. The van der Waals surface area contributed by atoms with Crippen molar-refractivity contribution in [1.82, 2.24) is 5.32 Å². The normalized spacial score (nSPS) is 11.0. The lowest BCUT2D eigenvalue weighted by Crippen LogP contribution is -3.10. The third kappa shape index (κ3) is 5.55. The maximum absolute atomic E-state index is 13.2. The standard InChI is InChI=1S/C26H30N2O/c1-3-28(4-2)20-24-18-12-11-17-23(24)19-27-26(29)25(21-13-7-5-8-14-21)22-15-9-6-10-16-22/h5-18,25H,3-4,19-20H2,1-2H3,(H,27,29)/p+1. The molecular weight excluding hydrogens is 356 g/mol. The van der Waals surface area contributed by atoms with Gasteiger partial charge in [0.1, 0.15) is 6.54 Å². The van der Waals surface area contributed by atoms with Crippen LogP contribution in [0, 0.1) is 0 Å². The Morgan fingerprint density at radius 2 is 1.24 bits per heavy atom. The second kappa shape index (κ2) is 10.6. The number of quaternary nitrogens is 1. The molecule has 3 aromatic rings. The summed E-state index contributed by atoms with van der Waals surface area (Å²) in [5, 5.41) is 3.20. The van der Waals surface area contributed by atoms with E-state index in [-0.39, 0.29) is 11.8 Å². The Kier molecular flexibility index (Phi) is 7.60. The first kappa shape index (κ1) is 20.8. The van der Waals surface area contributed by atoms with Crippen LogP contribution in [0.5, 0.6) is 0 Å². The molecule has 0 aromatic heterocycles. The lowest BCUT2D eigenvalue weighted by atomic mass is 9.90. The first-order valence-corrected chi connectivity index (χ1v) is 10.5. The predicted octanol–water partition coefficient (Wildman–Crippen LogP) is 3.56. The number of amides is 1. The van der Waals surface area contributed by atoms with Crippen molar-refractivity contribution in [2.45, 2.75) is 32.9 Å². The Bertz CT molecular complexity index is 849. The van der Waals surface area contributed by atoms with Gasteiger partial charge in [-0.25, -0.2) is 0 Å². The zero-order chi connectivity index (χ0) is 20.5. The van der Waals surface area contributed by atoms with E-state index in [1.54, 1.807) is 0 Å². The van der Waals surface area contributed by atoms with E-state index in [0.717, 1.165) is 30.8 Å². The Balaban J connectivity index is 1.78. The van der Waals surface area contributed by atoms with E-state index in [1.165, 1.54) is 16.0 Å². The summed E-state index contributed by atoms with van der Waals surface area (Å²) in [6.07, 6.45) is 0. The number of hydrogen-bond acceptors (Lipinski definition) is 1. The van der Waals surface area contributed by atoms with E-state index in [0.29, 0.717) is 6.54 Å². The van der Waals surface area contributed by atoms with Crippen molar-refractivity contribution in [3.05, 3.63) is 107 Å². The average Bonchev–Trinajstić information content (AvgIpc) is 2.78. The highest BCUT2D eigenvalue weighted by Crippen LogP contribution is 2.25. The fourth-order valence-corrected chi connectivity index (χ4v) is 3.74. The van der Waals surface area contributed by atoms with Gasteiger partial charge < -0.3 is 10.2 Å². The minimum absolute atomic E-state index is 0.0346. The highest BCUT2D eigenvalue weighted by atomic mass is 16.1. The van der Waals surface area contributed by atoms with Crippen molar-refractivity contribution in [2.75, 3.05) is 13.1 Å². The van der Waals surface area contributed by atoms with Gasteiger partial charge in [-0.1, -0.05) is 84.9 Å². The second-order valence-corrected chi connectivity index (χ2v) is 7.37. The van der Waals surface area contributed by atoms with Crippen molar-refractivity contribution in [3.63, 3.8) is 0 Å². The SMILES string of the molecule is CC[NH+](CC)Cc1ccccc1CNC(=O)C(c1ccccc1)c1ccccc1. The fourth-order valence-electron chi connectivity index (χ4n) is 3.74. The van der Waals surface area contributed by atoms with Crippen LogP contribution in [-0.4, -0.2) is 19.0 Å². The van der Waals surface area contributed by atoms with Crippen LogP contribution >= 0.6 is 0 Å². The van der Waals surface area contributed by atoms with Crippen molar-refractivity contribution in [1.29, 1.82) is 0 Å². The van der Waals surface area contributed by atoms with E-state index >= 15 is 0 Å². The third-order valence-electron chi connectivity index (χ3n) is 5.54. The maximum Gasteiger partial charge on any atom is 0.232 e. The molecule has 0 fully saturated rings. The topological polar surface area (TPSA) is 33.5 Å². The van der Waals surface area contributed by atoms with Crippen molar-refractivity contribution in [3.8, 4) is 0 Å². The average molecular weight is 388 g/mol. The van der Waals surface area contributed by atoms with Crippen molar-refractivity contribution < 1.29 is 9.69 Å². The number of rotatable bonds is 9. The highest BCUT2D eigenvalue weighted by molar-refractivity contribution is 5.87. The van der Waals surface area contributed by atoms with Crippen LogP contribution < -0.4 is 10.2 Å². The van der Waals surface area contributed by atoms with E-state index in [9.17, 15) is 4.79 Å². The first-order valence-electron chi connectivity index (χ1n) is 10.5. The molecule has 0 saturated carbocycles. The Morgan fingerprint density at radius 1 is 0.759 bits per heavy atom. The van der Waals surface area contributed by atoms with Crippen molar-refractivity contribution >= 4 is 5.91 Å². The summed E-state index contributed by atoms with van der Waals surface area (Å²) in [6.45, 7) is 8.16. The molecule has 0 saturated heterocycles. The highest BCUT2D eigenvalue weighted by Gasteiger charge is 2.22. The molecule has 0 spiro atoms. The van der Waals surface area contributed by atoms with Gasteiger partial charge in [0.25, 0.3) is 0 Å². The summed E-state index contributed by atoms with van der Waals surface area (Å²) in [7, 11) is 0. The first-order chi connectivity index (χ1) is 14.2. The molecule has 0 radical (unpaired) electrons. The van der Waals surface area contributed by atoms with E-state index < -0.39 is 0 Å². The molecule has 0 aliphatic carbocycles. The predicted molar refractivity (Wildman–Crippen MR) is 119 cm³/mol. The number of carbonyl (C=O) groups is 1. The van der Waals surface area contributed by atoms with Gasteiger partial charge in [-0.2, -0.15) is 0 Å². The number of carbonyl (C=O) groups excluding carboxylic acids is 1. The summed E-state index contributed by atoms with van der Waals surface area (Å²) in [5.74, 6) is -0.273. The van der Waals surface area contributed by atoms with Gasteiger partial charge in [-0.3, -0.25) is 4.79 Å². The second-order valence-electron chi connectivity index (χ2n) is 7.37. The quantitative estimate of drug-likeness (QED) is 0.578. The molecule has 0 atom stereocenters. The molecule has 3 aromatic carbocycles. The minimum atomic E-state index is -0.307. The van der Waals surface area contributed by atoms with E-state index in [4.69, 9.17) is 0 Å². The molecular formula is C26H31N2O+. The monoisotopic (exact) mass is 387 g/mol. The van der Waals surface area contributed by atoms with Crippen LogP contribution in [0.25, 0.3) is 0 Å². The van der Waals surface area contributed by atoms with Crippen LogP contribution in [-0.2, 0) is 17.9 Å². The molecule has 29 heavy (non-hydrogen) atoms. The molecule has 0 unspecified atom stereocenters. The number of benzene rings is 3. The van der Waals surface area contributed by atoms with Gasteiger partial charge in [-0.15, -0.1) is 0 Å². The molecule has 0 aliphatic heterocycles. The third-order valence-corrected chi connectivity index (χ3v) is 5.54. The van der Waals surface area contributed by atoms with Crippen LogP contribution in [0.2, 0.25) is 0 Å². The summed E-state index contributed by atoms with van der Waals surface area (Å²) in [5.41, 5.74) is 4.52. The van der Waals surface area contributed by atoms with Crippen LogP contribution in [0.15, 0.2) is 84.9 Å². The summed E-state index contributed by atoms with van der Waals surface area (Å²) < 4.78 is 0. The smallest absolute Gasteiger partial charge is 0.232 e. The Labute approximate surface area is 174 Å². The van der Waals surface area contributed by atoms with Gasteiger partial charge in [0.15, 0.2) is 0 Å². The largest absolute Gasteiger partial charge is 0.351 e. The molecule has 2 N–H and O–H groups in total. The molecule has 150 valence electrons. The van der Waals surface area contributed by atoms with Gasteiger partial charge >= 0.3 is 0 Å². The molecule has 0 aliphatic rings. The van der Waals surface area contributed by atoms with Gasteiger partial charge in [0, 0.05) is 12.1 Å². The summed E-state index contributed by atoms with van der Waals surface area (Å²) in [6, 6.07) is 28.4. The minimum Gasteiger partial charge on any atom is -0.351 e. The van der Waals surface area contributed by atoms with Gasteiger partial charge in [0.05, 0.1) is 19.0 Å². The molecule has 1 amide bonds. The summed E-state index contributed by atoms with van der Waals surface area (Å²) in [4.78, 5) is 14.8. The Hall–Kier alpha value is -2.91. The molecule has 3 heteroatoms. The van der Waals surface area contributed by atoms with Crippen LogP contribution in [0.4, 0.5) is 0 Å². The van der Waals surface area contributed by atoms with Crippen LogP contribution in [0.3, 0.4) is 0 Å². The van der Waals surface area contributed by atoms with E-state index in [1.807, 2.05) is 60.7 Å². The summed E-state index contributed by atoms with van der Waals surface area (Å²) >= 11 is 0. The lowest BCUT2D eigenvalue weighted by molar-refractivity contribution is -0.910. The van der Waals surface area contributed by atoms with Gasteiger partial charge in [-0.05, 0) is 30.5 Å². The number of nitrogens with one attached hydrogen (secondary N) is 2. The van der Waals surface area contributed by atoms with Crippen molar-refractivity contribution in [2.24, 2.45) is 0 Å². The molecule has 3 rings (SSSR count). The number of hydrogen-bond donors (Lipinski definition) is 2. The van der Waals surface area contributed by atoms with Gasteiger partial charge in [0.2, 0.25) is 5.91 Å².